The SMILES string of the molecule is Brc1ccccc1/C=N/Nc1nc(N2CCCC2)nc(N2CCOCC2)n1. The first-order valence-corrected chi connectivity index (χ1v) is 9.96. The van der Waals surface area contributed by atoms with E-state index in [4.69, 9.17) is 9.72 Å². The third-order valence-electron chi connectivity index (χ3n) is 4.57. The molecule has 27 heavy (non-hydrogen) atoms. The summed E-state index contributed by atoms with van der Waals surface area (Å²) < 4.78 is 6.42. The molecular formula is C18H22BrN7O. The molecule has 2 fully saturated rings. The Morgan fingerprint density at radius 2 is 1.63 bits per heavy atom. The summed E-state index contributed by atoms with van der Waals surface area (Å²) in [6.07, 6.45) is 4.08. The van der Waals surface area contributed by atoms with Gasteiger partial charge in [-0.25, -0.2) is 5.43 Å². The van der Waals surface area contributed by atoms with E-state index < -0.39 is 0 Å². The van der Waals surface area contributed by atoms with Gasteiger partial charge in [0.05, 0.1) is 19.4 Å². The second-order valence-corrected chi connectivity index (χ2v) is 7.30. The lowest BCUT2D eigenvalue weighted by atomic mass is 10.2. The lowest BCUT2D eigenvalue weighted by Crippen LogP contribution is -2.38. The van der Waals surface area contributed by atoms with Gasteiger partial charge in [0.1, 0.15) is 0 Å². The Balaban J connectivity index is 1.56. The molecule has 2 aliphatic rings. The smallest absolute Gasteiger partial charge is 0.250 e. The Bertz CT molecular complexity index is 804. The third kappa shape index (κ3) is 4.54. The summed E-state index contributed by atoms with van der Waals surface area (Å²) >= 11 is 3.52. The molecule has 0 bridgehead atoms. The van der Waals surface area contributed by atoms with Crippen molar-refractivity contribution < 1.29 is 4.74 Å². The van der Waals surface area contributed by atoms with Crippen LogP contribution in [0.3, 0.4) is 0 Å². The molecule has 1 aromatic carbocycles. The molecule has 2 saturated heterocycles. The van der Waals surface area contributed by atoms with E-state index >= 15 is 0 Å². The van der Waals surface area contributed by atoms with Crippen molar-refractivity contribution in [1.29, 1.82) is 0 Å². The molecule has 3 heterocycles. The Morgan fingerprint density at radius 1 is 0.963 bits per heavy atom. The maximum Gasteiger partial charge on any atom is 0.250 e. The van der Waals surface area contributed by atoms with Gasteiger partial charge in [-0.2, -0.15) is 20.1 Å². The molecule has 0 amide bonds. The minimum atomic E-state index is 0.455. The van der Waals surface area contributed by atoms with Crippen molar-refractivity contribution in [3.8, 4) is 0 Å². The van der Waals surface area contributed by atoms with Crippen LogP contribution in [0.5, 0.6) is 0 Å². The van der Waals surface area contributed by atoms with Crippen molar-refractivity contribution in [2.24, 2.45) is 5.10 Å². The van der Waals surface area contributed by atoms with E-state index in [-0.39, 0.29) is 0 Å². The number of nitrogens with zero attached hydrogens (tertiary/aromatic N) is 6. The highest BCUT2D eigenvalue weighted by Gasteiger charge is 2.21. The van der Waals surface area contributed by atoms with Gasteiger partial charge in [-0.3, -0.25) is 0 Å². The molecule has 1 aromatic heterocycles. The lowest BCUT2D eigenvalue weighted by Gasteiger charge is -2.27. The van der Waals surface area contributed by atoms with E-state index in [0.29, 0.717) is 31.1 Å². The molecule has 0 saturated carbocycles. The van der Waals surface area contributed by atoms with Crippen molar-refractivity contribution in [2.45, 2.75) is 12.8 Å². The highest BCUT2D eigenvalue weighted by atomic mass is 79.9. The minimum Gasteiger partial charge on any atom is -0.378 e. The molecule has 0 aliphatic carbocycles. The molecule has 8 nitrogen and oxygen atoms in total. The van der Waals surface area contributed by atoms with Crippen molar-refractivity contribution in [3.05, 3.63) is 34.3 Å². The lowest BCUT2D eigenvalue weighted by molar-refractivity contribution is 0.122. The molecule has 4 rings (SSSR count). The van der Waals surface area contributed by atoms with E-state index in [1.54, 1.807) is 6.21 Å². The average Bonchev–Trinajstić information content (AvgIpc) is 3.25. The number of benzene rings is 1. The fraction of sp³-hybridized carbons (Fsp3) is 0.444. The number of ether oxygens (including phenoxy) is 1. The largest absolute Gasteiger partial charge is 0.378 e. The first kappa shape index (κ1) is 18.1. The number of hydrogen-bond donors (Lipinski definition) is 1. The van der Waals surface area contributed by atoms with Crippen LogP contribution >= 0.6 is 15.9 Å². The second kappa shape index (κ2) is 8.62. The number of halogens is 1. The first-order chi connectivity index (χ1) is 13.3. The fourth-order valence-electron chi connectivity index (χ4n) is 3.11. The minimum absolute atomic E-state index is 0.455. The normalized spacial score (nSPS) is 17.7. The van der Waals surface area contributed by atoms with Gasteiger partial charge in [0.15, 0.2) is 0 Å². The highest BCUT2D eigenvalue weighted by Crippen LogP contribution is 2.21. The van der Waals surface area contributed by atoms with Crippen LogP contribution in [-0.2, 0) is 4.74 Å². The Kier molecular flexibility index (Phi) is 5.78. The Hall–Kier alpha value is -2.26. The zero-order valence-corrected chi connectivity index (χ0v) is 16.6. The van der Waals surface area contributed by atoms with Crippen LogP contribution in [0.1, 0.15) is 18.4 Å². The average molecular weight is 432 g/mol. The number of hydrazone groups is 1. The van der Waals surface area contributed by atoms with Crippen molar-refractivity contribution in [3.63, 3.8) is 0 Å². The molecule has 2 aromatic rings. The summed E-state index contributed by atoms with van der Waals surface area (Å²) in [5.41, 5.74) is 3.94. The summed E-state index contributed by atoms with van der Waals surface area (Å²) in [5.74, 6) is 1.84. The molecular weight excluding hydrogens is 410 g/mol. The van der Waals surface area contributed by atoms with Crippen LogP contribution in [0.25, 0.3) is 0 Å². The Morgan fingerprint density at radius 3 is 2.33 bits per heavy atom. The highest BCUT2D eigenvalue weighted by molar-refractivity contribution is 9.10. The monoisotopic (exact) mass is 431 g/mol. The number of rotatable bonds is 5. The van der Waals surface area contributed by atoms with Crippen LogP contribution in [0.4, 0.5) is 17.8 Å². The van der Waals surface area contributed by atoms with Crippen LogP contribution in [-0.4, -0.2) is 60.6 Å². The van der Waals surface area contributed by atoms with Gasteiger partial charge in [0.2, 0.25) is 17.8 Å². The van der Waals surface area contributed by atoms with Crippen LogP contribution in [0.15, 0.2) is 33.8 Å². The maximum atomic E-state index is 5.44. The third-order valence-corrected chi connectivity index (χ3v) is 5.29. The summed E-state index contributed by atoms with van der Waals surface area (Å²) in [7, 11) is 0. The van der Waals surface area contributed by atoms with Crippen molar-refractivity contribution in [1.82, 2.24) is 15.0 Å². The summed E-state index contributed by atoms with van der Waals surface area (Å²) in [4.78, 5) is 18.2. The molecule has 1 N–H and O–H groups in total. The number of hydrogen-bond acceptors (Lipinski definition) is 8. The molecule has 0 atom stereocenters. The van der Waals surface area contributed by atoms with Gasteiger partial charge in [-0.15, -0.1) is 0 Å². The second-order valence-electron chi connectivity index (χ2n) is 6.44. The molecule has 9 heteroatoms. The zero-order chi connectivity index (χ0) is 18.5. The van der Waals surface area contributed by atoms with Gasteiger partial charge < -0.3 is 14.5 Å². The van der Waals surface area contributed by atoms with Crippen molar-refractivity contribution in [2.75, 3.05) is 54.6 Å². The molecule has 0 radical (unpaired) electrons. The molecule has 0 spiro atoms. The van der Waals surface area contributed by atoms with Crippen LogP contribution < -0.4 is 15.2 Å². The van der Waals surface area contributed by atoms with E-state index in [2.05, 4.69) is 46.2 Å². The van der Waals surface area contributed by atoms with Gasteiger partial charge in [0.25, 0.3) is 0 Å². The van der Waals surface area contributed by atoms with E-state index in [9.17, 15) is 0 Å². The van der Waals surface area contributed by atoms with Gasteiger partial charge in [-0.05, 0) is 18.9 Å². The predicted octanol–water partition coefficient (Wildman–Crippen LogP) is 2.52. The van der Waals surface area contributed by atoms with E-state index in [1.807, 2.05) is 24.3 Å². The number of morpholine rings is 1. The number of anilines is 3. The van der Waals surface area contributed by atoms with Crippen molar-refractivity contribution >= 4 is 40.0 Å². The maximum absolute atomic E-state index is 5.44. The molecule has 142 valence electrons. The van der Waals surface area contributed by atoms with Gasteiger partial charge >= 0.3 is 0 Å². The molecule has 2 aliphatic heterocycles. The number of nitrogens with one attached hydrogen (secondary N) is 1. The van der Waals surface area contributed by atoms with Gasteiger partial charge in [-0.1, -0.05) is 34.1 Å². The van der Waals surface area contributed by atoms with E-state index in [0.717, 1.165) is 36.2 Å². The zero-order valence-electron chi connectivity index (χ0n) is 15.0. The summed E-state index contributed by atoms with van der Waals surface area (Å²) in [6.45, 7) is 4.89. The summed E-state index contributed by atoms with van der Waals surface area (Å²) in [5, 5.41) is 4.31. The summed E-state index contributed by atoms with van der Waals surface area (Å²) in [6, 6.07) is 7.90. The van der Waals surface area contributed by atoms with E-state index in [1.165, 1.54) is 12.8 Å². The van der Waals surface area contributed by atoms with Gasteiger partial charge in [0, 0.05) is 36.2 Å². The fourth-order valence-corrected chi connectivity index (χ4v) is 3.49. The van der Waals surface area contributed by atoms with Crippen LogP contribution in [0.2, 0.25) is 0 Å². The molecule has 0 unspecified atom stereocenters. The topological polar surface area (TPSA) is 78.8 Å². The first-order valence-electron chi connectivity index (χ1n) is 9.17. The quantitative estimate of drug-likeness (QED) is 0.575. The standard InChI is InChI=1S/C18H22BrN7O/c19-15-6-2-1-5-14(15)13-20-24-16-21-17(25-7-3-4-8-25)23-18(22-16)26-9-11-27-12-10-26/h1-2,5-6,13H,3-4,7-12H2,(H,21,22,23,24)/b20-13+. The number of aromatic nitrogens is 3. The van der Waals surface area contributed by atoms with Crippen LogP contribution in [0, 0.1) is 0 Å². The predicted molar refractivity (Wildman–Crippen MR) is 110 cm³/mol. The Labute approximate surface area is 166 Å².